The SMILES string of the molecule is CCOc1ncccc1C(=O)N[C@@H]1CCC(=O)N[C@H]1c1cnn(C)c1. The van der Waals surface area contributed by atoms with Gasteiger partial charge in [0, 0.05) is 31.4 Å². The molecule has 8 nitrogen and oxygen atoms in total. The smallest absolute Gasteiger partial charge is 0.257 e. The van der Waals surface area contributed by atoms with E-state index in [1.54, 1.807) is 29.2 Å². The van der Waals surface area contributed by atoms with E-state index in [0.717, 1.165) is 5.56 Å². The number of carbonyl (C=O) groups excluding carboxylic acids is 2. The van der Waals surface area contributed by atoms with Gasteiger partial charge in [-0.2, -0.15) is 5.10 Å². The largest absolute Gasteiger partial charge is 0.477 e. The van der Waals surface area contributed by atoms with Gasteiger partial charge in [0.1, 0.15) is 5.56 Å². The molecule has 132 valence electrons. The summed E-state index contributed by atoms with van der Waals surface area (Å²) >= 11 is 0. The Kier molecular flexibility index (Phi) is 4.97. The highest BCUT2D eigenvalue weighted by Crippen LogP contribution is 2.25. The molecule has 0 aliphatic carbocycles. The summed E-state index contributed by atoms with van der Waals surface area (Å²) in [6.45, 7) is 2.26. The molecule has 2 amide bonds. The number of carbonyl (C=O) groups is 2. The second-order valence-electron chi connectivity index (χ2n) is 5.90. The first-order valence-corrected chi connectivity index (χ1v) is 8.25. The molecule has 0 bridgehead atoms. The summed E-state index contributed by atoms with van der Waals surface area (Å²) in [6, 6.07) is 2.82. The Hall–Kier alpha value is -2.90. The van der Waals surface area contributed by atoms with Crippen LogP contribution in [0.3, 0.4) is 0 Å². The number of pyridine rings is 1. The highest BCUT2D eigenvalue weighted by molar-refractivity contribution is 5.96. The van der Waals surface area contributed by atoms with Gasteiger partial charge in [0.15, 0.2) is 0 Å². The van der Waals surface area contributed by atoms with E-state index in [9.17, 15) is 9.59 Å². The fraction of sp³-hybridized carbons (Fsp3) is 0.412. The highest BCUT2D eigenvalue weighted by Gasteiger charge is 2.32. The molecule has 3 heterocycles. The summed E-state index contributed by atoms with van der Waals surface area (Å²) in [6.07, 6.45) is 6.05. The van der Waals surface area contributed by atoms with E-state index in [2.05, 4.69) is 20.7 Å². The van der Waals surface area contributed by atoms with Crippen molar-refractivity contribution in [1.82, 2.24) is 25.4 Å². The molecule has 2 aromatic rings. The van der Waals surface area contributed by atoms with Gasteiger partial charge in [0.25, 0.3) is 5.91 Å². The number of piperidine rings is 1. The number of aryl methyl sites for hydroxylation is 1. The Balaban J connectivity index is 1.80. The van der Waals surface area contributed by atoms with Crippen molar-refractivity contribution < 1.29 is 14.3 Å². The van der Waals surface area contributed by atoms with Crippen molar-refractivity contribution in [2.75, 3.05) is 6.61 Å². The van der Waals surface area contributed by atoms with Crippen LogP contribution in [0.25, 0.3) is 0 Å². The Morgan fingerprint density at radius 2 is 2.36 bits per heavy atom. The van der Waals surface area contributed by atoms with Crippen molar-refractivity contribution in [3.05, 3.63) is 41.9 Å². The summed E-state index contributed by atoms with van der Waals surface area (Å²) in [4.78, 5) is 28.6. The van der Waals surface area contributed by atoms with Crippen LogP contribution in [0.1, 0.15) is 41.7 Å². The predicted octanol–water partition coefficient (Wildman–Crippen LogP) is 0.963. The molecule has 8 heteroatoms. The molecule has 1 saturated heterocycles. The molecule has 3 rings (SSSR count). The lowest BCUT2D eigenvalue weighted by molar-refractivity contribution is -0.123. The van der Waals surface area contributed by atoms with Crippen LogP contribution in [0.15, 0.2) is 30.7 Å². The molecule has 25 heavy (non-hydrogen) atoms. The number of ether oxygens (including phenoxy) is 1. The molecule has 0 spiro atoms. The van der Waals surface area contributed by atoms with Gasteiger partial charge in [-0.3, -0.25) is 14.3 Å². The van der Waals surface area contributed by atoms with E-state index < -0.39 is 0 Å². The lowest BCUT2D eigenvalue weighted by Gasteiger charge is -2.32. The molecule has 0 aromatic carbocycles. The topological polar surface area (TPSA) is 98.1 Å². The van der Waals surface area contributed by atoms with Crippen LogP contribution in [0.4, 0.5) is 0 Å². The number of aromatic nitrogens is 3. The summed E-state index contributed by atoms with van der Waals surface area (Å²) < 4.78 is 7.09. The van der Waals surface area contributed by atoms with Gasteiger partial charge in [0.05, 0.1) is 24.9 Å². The third kappa shape index (κ3) is 3.78. The zero-order valence-electron chi connectivity index (χ0n) is 14.2. The van der Waals surface area contributed by atoms with E-state index in [4.69, 9.17) is 4.74 Å². The van der Waals surface area contributed by atoms with Crippen LogP contribution in [0, 0.1) is 0 Å². The van der Waals surface area contributed by atoms with Gasteiger partial charge in [-0.15, -0.1) is 0 Å². The van der Waals surface area contributed by atoms with Crippen molar-refractivity contribution in [3.63, 3.8) is 0 Å². The number of nitrogens with zero attached hydrogens (tertiary/aromatic N) is 3. The molecule has 1 aliphatic rings. The van der Waals surface area contributed by atoms with Crippen LogP contribution < -0.4 is 15.4 Å². The van der Waals surface area contributed by atoms with Gasteiger partial charge >= 0.3 is 0 Å². The monoisotopic (exact) mass is 343 g/mol. The highest BCUT2D eigenvalue weighted by atomic mass is 16.5. The maximum absolute atomic E-state index is 12.7. The molecular weight excluding hydrogens is 322 g/mol. The Morgan fingerprint density at radius 1 is 1.52 bits per heavy atom. The van der Waals surface area contributed by atoms with Gasteiger partial charge < -0.3 is 15.4 Å². The lowest BCUT2D eigenvalue weighted by atomic mass is 9.93. The number of hydrogen-bond acceptors (Lipinski definition) is 5. The quantitative estimate of drug-likeness (QED) is 0.843. The van der Waals surface area contributed by atoms with Crippen LogP contribution in [0.2, 0.25) is 0 Å². The van der Waals surface area contributed by atoms with Crippen LogP contribution in [-0.2, 0) is 11.8 Å². The first-order valence-electron chi connectivity index (χ1n) is 8.25. The van der Waals surface area contributed by atoms with E-state index in [1.807, 2.05) is 20.2 Å². The van der Waals surface area contributed by atoms with Gasteiger partial charge in [-0.1, -0.05) is 0 Å². The van der Waals surface area contributed by atoms with E-state index in [0.29, 0.717) is 30.9 Å². The van der Waals surface area contributed by atoms with E-state index in [-0.39, 0.29) is 23.9 Å². The summed E-state index contributed by atoms with van der Waals surface area (Å²) in [5.74, 6) is 0.00240. The van der Waals surface area contributed by atoms with Crippen molar-refractivity contribution in [3.8, 4) is 5.88 Å². The zero-order valence-corrected chi connectivity index (χ0v) is 14.2. The number of amides is 2. The summed E-state index contributed by atoms with van der Waals surface area (Å²) in [7, 11) is 1.81. The van der Waals surface area contributed by atoms with Crippen molar-refractivity contribution in [2.24, 2.45) is 7.05 Å². The second-order valence-corrected chi connectivity index (χ2v) is 5.90. The molecule has 2 N–H and O–H groups in total. The maximum Gasteiger partial charge on any atom is 0.257 e. The van der Waals surface area contributed by atoms with Gasteiger partial charge in [-0.25, -0.2) is 4.98 Å². The Bertz CT molecular complexity index is 773. The van der Waals surface area contributed by atoms with E-state index in [1.165, 1.54) is 0 Å². The van der Waals surface area contributed by atoms with E-state index >= 15 is 0 Å². The first-order chi connectivity index (χ1) is 12.1. The average molecular weight is 343 g/mol. The zero-order chi connectivity index (χ0) is 17.8. The molecular formula is C17H21N5O3. The van der Waals surface area contributed by atoms with Crippen LogP contribution >= 0.6 is 0 Å². The number of hydrogen-bond donors (Lipinski definition) is 2. The standard InChI is InChI=1S/C17H21N5O3/c1-3-25-17-12(5-4-8-18-17)16(24)20-13-6-7-14(23)21-15(13)11-9-19-22(2)10-11/h4-5,8-10,13,15H,3,6-7H2,1-2H3,(H,20,24)(H,21,23)/t13-,15+/m1/s1. The minimum Gasteiger partial charge on any atom is -0.477 e. The summed E-state index contributed by atoms with van der Waals surface area (Å²) in [5.41, 5.74) is 1.24. The third-order valence-corrected chi connectivity index (χ3v) is 4.10. The molecule has 0 radical (unpaired) electrons. The molecule has 1 fully saturated rings. The van der Waals surface area contributed by atoms with Crippen LogP contribution in [0.5, 0.6) is 5.88 Å². The number of rotatable bonds is 5. The first kappa shape index (κ1) is 16.9. The molecule has 2 atom stereocenters. The number of nitrogens with one attached hydrogen (secondary N) is 2. The predicted molar refractivity (Wildman–Crippen MR) is 90.0 cm³/mol. The fourth-order valence-corrected chi connectivity index (χ4v) is 2.93. The van der Waals surface area contributed by atoms with Crippen molar-refractivity contribution in [1.29, 1.82) is 0 Å². The Morgan fingerprint density at radius 3 is 3.08 bits per heavy atom. The summed E-state index contributed by atoms with van der Waals surface area (Å²) in [5, 5.41) is 10.1. The van der Waals surface area contributed by atoms with Gasteiger partial charge in [0.2, 0.25) is 11.8 Å². The third-order valence-electron chi connectivity index (χ3n) is 4.10. The van der Waals surface area contributed by atoms with Crippen molar-refractivity contribution >= 4 is 11.8 Å². The molecule has 0 unspecified atom stereocenters. The second kappa shape index (κ2) is 7.33. The van der Waals surface area contributed by atoms with Gasteiger partial charge in [-0.05, 0) is 25.5 Å². The molecule has 1 aliphatic heterocycles. The minimum atomic E-state index is -0.314. The molecule has 2 aromatic heterocycles. The fourth-order valence-electron chi connectivity index (χ4n) is 2.93. The minimum absolute atomic E-state index is 0.0317. The lowest BCUT2D eigenvalue weighted by Crippen LogP contribution is -2.50. The van der Waals surface area contributed by atoms with Crippen molar-refractivity contribution in [2.45, 2.75) is 31.8 Å². The average Bonchev–Trinajstić information content (AvgIpc) is 3.03. The Labute approximate surface area is 145 Å². The van der Waals surface area contributed by atoms with Crippen LogP contribution in [-0.4, -0.2) is 39.2 Å². The normalized spacial score (nSPS) is 20.0. The maximum atomic E-state index is 12.7. The molecule has 0 saturated carbocycles.